The molecule has 22 heavy (non-hydrogen) atoms. The third kappa shape index (κ3) is 3.94. The second-order valence-corrected chi connectivity index (χ2v) is 5.19. The zero-order chi connectivity index (χ0) is 15.9. The van der Waals surface area contributed by atoms with Crippen molar-refractivity contribution in [1.29, 1.82) is 5.26 Å². The number of hydrogen-bond acceptors (Lipinski definition) is 3. The molecule has 3 nitrogen and oxygen atoms in total. The molecule has 0 aromatic heterocycles. The van der Waals surface area contributed by atoms with Gasteiger partial charge in [0.05, 0.1) is 18.2 Å². The number of nitriles is 1. The maximum atomic E-state index is 8.58. The molecule has 0 fully saturated rings. The lowest BCUT2D eigenvalue weighted by Crippen LogP contribution is -1.99. The fourth-order valence-electron chi connectivity index (χ4n) is 1.87. The van der Waals surface area contributed by atoms with Crippen LogP contribution in [0.4, 0.5) is 0 Å². The fourth-order valence-corrected chi connectivity index (χ4v) is 2.34. The van der Waals surface area contributed by atoms with Gasteiger partial charge in [-0.15, -0.1) is 0 Å². The van der Waals surface area contributed by atoms with Gasteiger partial charge in [-0.05, 0) is 29.8 Å². The molecule has 112 valence electrons. The van der Waals surface area contributed by atoms with Gasteiger partial charge in [0.25, 0.3) is 0 Å². The van der Waals surface area contributed by atoms with Crippen LogP contribution in [0.15, 0.2) is 42.5 Å². The van der Waals surface area contributed by atoms with Crippen molar-refractivity contribution >= 4 is 29.3 Å². The molecule has 2 aromatic rings. The molecule has 0 aliphatic heterocycles. The van der Waals surface area contributed by atoms with E-state index in [0.29, 0.717) is 21.5 Å². The van der Waals surface area contributed by atoms with E-state index in [2.05, 4.69) is 0 Å². The molecule has 0 radical (unpaired) electrons. The zero-order valence-corrected chi connectivity index (χ0v) is 13.4. The number of methoxy groups -OCH3 is 1. The molecule has 0 saturated carbocycles. The molecule has 0 bridgehead atoms. The van der Waals surface area contributed by atoms with Crippen LogP contribution < -0.4 is 9.47 Å². The Morgan fingerprint density at radius 2 is 1.95 bits per heavy atom. The van der Waals surface area contributed by atoms with Crippen LogP contribution in [0.1, 0.15) is 11.1 Å². The minimum atomic E-state index is 0.281. The molecule has 0 N–H and O–H groups in total. The minimum absolute atomic E-state index is 0.281. The SMILES string of the molecule is COc1cc(/C=C/C#N)cc(Cl)c1OCc1ccccc1Cl. The lowest BCUT2D eigenvalue weighted by molar-refractivity contribution is 0.285. The average molecular weight is 334 g/mol. The molecule has 2 rings (SSSR count). The van der Waals surface area contributed by atoms with Crippen LogP contribution in [0.25, 0.3) is 6.08 Å². The molecule has 0 unspecified atom stereocenters. The lowest BCUT2D eigenvalue weighted by atomic mass is 10.2. The van der Waals surface area contributed by atoms with Gasteiger partial charge in [0.15, 0.2) is 11.5 Å². The van der Waals surface area contributed by atoms with Gasteiger partial charge in [0, 0.05) is 16.7 Å². The monoisotopic (exact) mass is 333 g/mol. The zero-order valence-electron chi connectivity index (χ0n) is 11.8. The molecule has 0 amide bonds. The van der Waals surface area contributed by atoms with Crippen molar-refractivity contribution in [2.24, 2.45) is 0 Å². The van der Waals surface area contributed by atoms with Gasteiger partial charge in [0.2, 0.25) is 0 Å². The van der Waals surface area contributed by atoms with E-state index in [1.54, 1.807) is 24.3 Å². The number of halogens is 2. The van der Waals surface area contributed by atoms with Crippen LogP contribution in [0.2, 0.25) is 10.0 Å². The van der Waals surface area contributed by atoms with Gasteiger partial charge in [-0.1, -0.05) is 41.4 Å². The van der Waals surface area contributed by atoms with E-state index in [0.717, 1.165) is 11.1 Å². The molecular formula is C17H13Cl2NO2. The summed E-state index contributed by atoms with van der Waals surface area (Å²) in [5.74, 6) is 0.940. The molecule has 0 spiro atoms. The van der Waals surface area contributed by atoms with Gasteiger partial charge in [-0.2, -0.15) is 5.26 Å². The Balaban J connectivity index is 2.25. The van der Waals surface area contributed by atoms with Crippen molar-refractivity contribution in [2.45, 2.75) is 6.61 Å². The predicted molar refractivity (Wildman–Crippen MR) is 88.4 cm³/mol. The standard InChI is InChI=1S/C17H13Cl2NO2/c1-21-16-10-12(5-4-8-20)9-15(19)17(16)22-11-13-6-2-3-7-14(13)18/h2-7,9-10H,11H2,1H3/b5-4+. The molecule has 2 aromatic carbocycles. The quantitative estimate of drug-likeness (QED) is 0.713. The molecule has 0 aliphatic carbocycles. The van der Waals surface area contributed by atoms with E-state index < -0.39 is 0 Å². The van der Waals surface area contributed by atoms with Crippen molar-refractivity contribution in [1.82, 2.24) is 0 Å². The Morgan fingerprint density at radius 1 is 1.18 bits per heavy atom. The van der Waals surface area contributed by atoms with Crippen LogP contribution in [-0.2, 0) is 6.61 Å². The normalized spacial score (nSPS) is 10.5. The van der Waals surface area contributed by atoms with Gasteiger partial charge in [0.1, 0.15) is 6.61 Å². The summed E-state index contributed by atoms with van der Waals surface area (Å²) >= 11 is 12.3. The summed E-state index contributed by atoms with van der Waals surface area (Å²) in [4.78, 5) is 0. The highest BCUT2D eigenvalue weighted by Crippen LogP contribution is 2.37. The summed E-state index contributed by atoms with van der Waals surface area (Å²) < 4.78 is 11.1. The predicted octanol–water partition coefficient (Wildman–Crippen LogP) is 5.12. The number of hydrogen-bond donors (Lipinski definition) is 0. The van der Waals surface area contributed by atoms with Crippen LogP contribution in [0, 0.1) is 11.3 Å². The van der Waals surface area contributed by atoms with Gasteiger partial charge < -0.3 is 9.47 Å². The van der Waals surface area contributed by atoms with Gasteiger partial charge in [-0.3, -0.25) is 0 Å². The number of nitrogens with zero attached hydrogens (tertiary/aromatic N) is 1. The average Bonchev–Trinajstić information content (AvgIpc) is 2.52. The molecule has 0 heterocycles. The maximum Gasteiger partial charge on any atom is 0.180 e. The summed E-state index contributed by atoms with van der Waals surface area (Å²) in [6, 6.07) is 12.8. The van der Waals surface area contributed by atoms with E-state index >= 15 is 0 Å². The Bertz CT molecular complexity index is 736. The first-order valence-corrected chi connectivity index (χ1v) is 7.21. The Morgan fingerprint density at radius 3 is 2.64 bits per heavy atom. The summed E-state index contributed by atoms with van der Waals surface area (Å²) in [5.41, 5.74) is 1.62. The first kappa shape index (κ1) is 16.2. The summed E-state index contributed by atoms with van der Waals surface area (Å²) in [6.45, 7) is 0.281. The van der Waals surface area contributed by atoms with Crippen molar-refractivity contribution < 1.29 is 9.47 Å². The maximum absolute atomic E-state index is 8.58. The summed E-state index contributed by atoms with van der Waals surface area (Å²) in [6.07, 6.45) is 3.02. The molecule has 0 saturated heterocycles. The van der Waals surface area contributed by atoms with Crippen LogP contribution >= 0.6 is 23.2 Å². The largest absolute Gasteiger partial charge is 0.493 e. The third-order valence-corrected chi connectivity index (χ3v) is 3.58. The molecule has 0 aliphatic rings. The number of rotatable bonds is 5. The second kappa shape index (κ2) is 7.74. The van der Waals surface area contributed by atoms with E-state index in [1.165, 1.54) is 13.2 Å². The Labute approximate surface area is 139 Å². The van der Waals surface area contributed by atoms with Gasteiger partial charge >= 0.3 is 0 Å². The second-order valence-electron chi connectivity index (χ2n) is 4.38. The lowest BCUT2D eigenvalue weighted by Gasteiger charge is -2.14. The Kier molecular flexibility index (Phi) is 5.71. The smallest absolute Gasteiger partial charge is 0.180 e. The topological polar surface area (TPSA) is 42.2 Å². The van der Waals surface area contributed by atoms with E-state index in [-0.39, 0.29) is 6.61 Å². The van der Waals surface area contributed by atoms with Gasteiger partial charge in [-0.25, -0.2) is 0 Å². The van der Waals surface area contributed by atoms with Crippen molar-refractivity contribution in [2.75, 3.05) is 7.11 Å². The van der Waals surface area contributed by atoms with Crippen LogP contribution in [0.5, 0.6) is 11.5 Å². The number of benzene rings is 2. The summed E-state index contributed by atoms with van der Waals surface area (Å²) in [5, 5.41) is 9.61. The van der Waals surface area contributed by atoms with E-state index in [1.807, 2.05) is 24.3 Å². The number of ether oxygens (including phenoxy) is 2. The first-order valence-electron chi connectivity index (χ1n) is 6.45. The highest BCUT2D eigenvalue weighted by atomic mass is 35.5. The fraction of sp³-hybridized carbons (Fsp3) is 0.118. The third-order valence-electron chi connectivity index (χ3n) is 2.93. The molecule has 5 heteroatoms. The van der Waals surface area contributed by atoms with Crippen molar-refractivity contribution in [3.63, 3.8) is 0 Å². The first-order chi connectivity index (χ1) is 10.7. The van der Waals surface area contributed by atoms with E-state index in [9.17, 15) is 0 Å². The Hall–Kier alpha value is -2.15. The molecular weight excluding hydrogens is 321 g/mol. The number of allylic oxidation sites excluding steroid dienone is 1. The van der Waals surface area contributed by atoms with Crippen LogP contribution in [0.3, 0.4) is 0 Å². The highest BCUT2D eigenvalue weighted by molar-refractivity contribution is 6.32. The minimum Gasteiger partial charge on any atom is -0.493 e. The summed E-state index contributed by atoms with van der Waals surface area (Å²) in [7, 11) is 1.53. The van der Waals surface area contributed by atoms with Crippen LogP contribution in [-0.4, -0.2) is 7.11 Å². The van der Waals surface area contributed by atoms with Crippen molar-refractivity contribution in [3.05, 3.63) is 63.6 Å². The van der Waals surface area contributed by atoms with E-state index in [4.69, 9.17) is 37.9 Å². The molecule has 0 atom stereocenters. The van der Waals surface area contributed by atoms with Crippen molar-refractivity contribution in [3.8, 4) is 17.6 Å². The highest BCUT2D eigenvalue weighted by Gasteiger charge is 2.12.